The summed E-state index contributed by atoms with van der Waals surface area (Å²) in [5, 5.41) is 224. The molecule has 0 aromatic carbocycles. The third-order valence-corrected chi connectivity index (χ3v) is 14.9. The van der Waals surface area contributed by atoms with Gasteiger partial charge in [-0.2, -0.15) is 0 Å². The molecule has 0 unspecified atom stereocenters. The van der Waals surface area contributed by atoms with Crippen LogP contribution in [0.4, 0.5) is 0 Å². The third-order valence-electron chi connectivity index (χ3n) is 14.9. The summed E-state index contributed by atoms with van der Waals surface area (Å²) in [6.45, 7) is -7.08. The fourth-order valence-corrected chi connectivity index (χ4v) is 10.5. The SMILES string of the molecule is [N-]=[N+]=NC[C@H]1O[C@@H]2O[C@H]3[C@@H](O)[C@@H](O)[C@@H](O[C@H]4[C@H](O)[C@H](O)[C@@H](O[C@H]5[C@H](O)[C@@H](O)[C@@H](O[C@H]6[C@H](O)[C@@H](O)[C@@H](O[C@H]7[C@H](O)[C@@H](O)[C@@H](O[C@H]8[C@H](O)[C@@H](O)[C@@H](O[C@H]1[C@H](O)[C@H]2O)O[C@@H]8CO)O[C@@H]7CO)O[C@@H]6CO)O[C@@H]5CO)O[C@@H]4CO)O[C@@H]3CO. The van der Waals surface area contributed by atoms with Crippen molar-refractivity contribution in [3.05, 3.63) is 10.4 Å². The first kappa shape index (κ1) is 63.0. The summed E-state index contributed by atoms with van der Waals surface area (Å²) in [4.78, 5) is 2.64. The van der Waals surface area contributed by atoms with Crippen LogP contribution >= 0.6 is 0 Å². The van der Waals surface area contributed by atoms with Crippen LogP contribution in [0.3, 0.4) is 0 Å². The standard InChI is InChI=1S/C42H69N3O34/c43-45-44-1-8-29-15(52)22(59)36(66-8)74-30-9(2-46)68-38(24(61)17(30)54)76-32-11(4-48)70-40(26(63)19(32)56)78-34-13(6-50)72-42(28(65)21(34)58)79-35-14(7-51)71-41(27(64)20(35)57)77-33-12(5-49)69-39(25(62)18(33)55)75-31-10(3-47)67-37(73-29)23(60)16(31)53/h8-42,46-65H,1-7H2/t8-,9-,10-,11-,12-,13-,14-,15-,16-,17+,18-,19-,20-,21-,22-,23-,24-,25-,26+,27-,28-,29-,30-,31-,32-,33-,34-,35-,36-,37-,38-,39-,40-,41-,42-/m1/s1. The molecule has 0 amide bonds. The summed E-state index contributed by atoms with van der Waals surface area (Å²) < 4.78 is 79.9. The molecule has 21 aliphatic rings. The summed E-state index contributed by atoms with van der Waals surface area (Å²) in [5.74, 6) is 0. The van der Waals surface area contributed by atoms with Crippen molar-refractivity contribution < 1.29 is 168 Å². The molecule has 0 aromatic heterocycles. The molecule has 0 radical (unpaired) electrons. The van der Waals surface area contributed by atoms with E-state index in [2.05, 4.69) is 10.0 Å². The number of rotatable bonds is 8. The highest BCUT2D eigenvalue weighted by Crippen LogP contribution is 2.39. The molecule has 37 heteroatoms. The molecular formula is C42H69N3O34. The zero-order chi connectivity index (χ0) is 57.5. The Morgan fingerprint density at radius 3 is 0.544 bits per heavy atom. The van der Waals surface area contributed by atoms with Gasteiger partial charge in [0.15, 0.2) is 44.0 Å². The van der Waals surface area contributed by atoms with E-state index < -0.39 is 261 Å². The second-order valence-corrected chi connectivity index (χ2v) is 19.9. The normalized spacial score (nSPS) is 54.1. The van der Waals surface area contributed by atoms with Gasteiger partial charge in [0.05, 0.1) is 52.3 Å². The molecule has 79 heavy (non-hydrogen) atoms. The van der Waals surface area contributed by atoms with E-state index in [4.69, 9.17) is 66.3 Å². The van der Waals surface area contributed by atoms with Crippen molar-refractivity contribution in [1.82, 2.24) is 0 Å². The lowest BCUT2D eigenvalue weighted by Gasteiger charge is -2.50. The first-order valence-corrected chi connectivity index (χ1v) is 25.0. The number of nitrogens with zero attached hydrogens (tertiary/aromatic N) is 3. The van der Waals surface area contributed by atoms with E-state index in [1.165, 1.54) is 0 Å². The van der Waals surface area contributed by atoms with E-state index in [0.29, 0.717) is 0 Å². The molecule has 21 rings (SSSR count). The Balaban J connectivity index is 1.09. The Morgan fingerprint density at radius 2 is 0.392 bits per heavy atom. The largest absolute Gasteiger partial charge is 0.394 e. The van der Waals surface area contributed by atoms with Gasteiger partial charge in [-0.1, -0.05) is 5.11 Å². The van der Waals surface area contributed by atoms with Crippen molar-refractivity contribution in [3.8, 4) is 0 Å². The van der Waals surface area contributed by atoms with Crippen molar-refractivity contribution >= 4 is 0 Å². The van der Waals surface area contributed by atoms with Gasteiger partial charge in [-0.3, -0.25) is 0 Å². The van der Waals surface area contributed by atoms with Crippen LogP contribution in [0, 0.1) is 0 Å². The molecule has 0 aliphatic carbocycles. The minimum absolute atomic E-state index is 0.745. The maximum Gasteiger partial charge on any atom is 0.187 e. The van der Waals surface area contributed by atoms with Crippen LogP contribution in [0.2, 0.25) is 0 Å². The quantitative estimate of drug-likeness (QED) is 0.0610. The maximum atomic E-state index is 11.5. The Bertz CT molecular complexity index is 1960. The minimum Gasteiger partial charge on any atom is -0.394 e. The molecule has 21 heterocycles. The number of azide groups is 1. The van der Waals surface area contributed by atoms with Crippen molar-refractivity contribution in [2.24, 2.45) is 5.11 Å². The fourth-order valence-electron chi connectivity index (χ4n) is 10.5. The highest BCUT2D eigenvalue weighted by Gasteiger charge is 2.59. The molecule has 0 aromatic rings. The van der Waals surface area contributed by atoms with Gasteiger partial charge < -0.3 is 168 Å². The van der Waals surface area contributed by atoms with Gasteiger partial charge in [-0.15, -0.1) is 0 Å². The van der Waals surface area contributed by atoms with E-state index in [1.807, 2.05) is 0 Å². The van der Waals surface area contributed by atoms with Crippen LogP contribution < -0.4 is 0 Å². The van der Waals surface area contributed by atoms with Crippen LogP contribution in [0.5, 0.6) is 0 Å². The highest BCUT2D eigenvalue weighted by atomic mass is 16.8. The number of aliphatic hydroxyl groups is 20. The van der Waals surface area contributed by atoms with Crippen LogP contribution in [0.25, 0.3) is 10.4 Å². The van der Waals surface area contributed by atoms with Crippen molar-refractivity contribution in [2.45, 2.75) is 215 Å². The topological polar surface area (TPSA) is 583 Å². The fraction of sp³-hybridized carbons (Fsp3) is 1.00. The maximum absolute atomic E-state index is 11.5. The zero-order valence-electron chi connectivity index (χ0n) is 41.2. The van der Waals surface area contributed by atoms with Crippen molar-refractivity contribution in [1.29, 1.82) is 0 Å². The molecule has 21 fully saturated rings. The summed E-state index contributed by atoms with van der Waals surface area (Å²) in [7, 11) is 0. The van der Waals surface area contributed by atoms with E-state index in [0.717, 1.165) is 0 Å². The van der Waals surface area contributed by atoms with Gasteiger partial charge in [-0.25, -0.2) is 0 Å². The minimum atomic E-state index is -2.23. The van der Waals surface area contributed by atoms with E-state index in [1.54, 1.807) is 0 Å². The number of ether oxygens (including phenoxy) is 14. The lowest BCUT2D eigenvalue weighted by molar-refractivity contribution is -0.396. The van der Waals surface area contributed by atoms with E-state index in [9.17, 15) is 108 Å². The Kier molecular flexibility index (Phi) is 21.4. The summed E-state index contributed by atoms with van der Waals surface area (Å²) in [5.41, 5.74) is 9.19. The first-order valence-electron chi connectivity index (χ1n) is 25.0. The predicted octanol–water partition coefficient (Wildman–Crippen LogP) is -13.9. The van der Waals surface area contributed by atoms with Gasteiger partial charge in [0, 0.05) is 4.91 Å². The van der Waals surface area contributed by atoms with E-state index >= 15 is 0 Å². The zero-order valence-corrected chi connectivity index (χ0v) is 41.2. The monoisotopic (exact) mass is 1160 g/mol. The van der Waals surface area contributed by atoms with Crippen molar-refractivity contribution in [2.75, 3.05) is 46.2 Å². The molecule has 35 atom stereocenters. The van der Waals surface area contributed by atoms with Crippen LogP contribution in [0.15, 0.2) is 5.11 Å². The molecular weight excluding hydrogens is 1090 g/mol. The first-order chi connectivity index (χ1) is 37.7. The number of aliphatic hydroxyl groups excluding tert-OH is 20. The Labute approximate surface area is 444 Å². The predicted molar refractivity (Wildman–Crippen MR) is 235 cm³/mol. The lowest BCUT2D eigenvalue weighted by atomic mass is 9.95. The van der Waals surface area contributed by atoms with Gasteiger partial charge in [0.25, 0.3) is 0 Å². The summed E-state index contributed by atoms with van der Waals surface area (Å²) in [6, 6.07) is 0. The van der Waals surface area contributed by atoms with Crippen LogP contribution in [-0.2, 0) is 66.3 Å². The second-order valence-electron chi connectivity index (χ2n) is 19.9. The molecule has 37 nitrogen and oxygen atoms in total. The van der Waals surface area contributed by atoms with Crippen LogP contribution in [-0.4, -0.2) is 363 Å². The van der Waals surface area contributed by atoms with E-state index in [-0.39, 0.29) is 0 Å². The number of hydrogen-bond acceptors (Lipinski definition) is 35. The smallest absolute Gasteiger partial charge is 0.187 e. The van der Waals surface area contributed by atoms with Gasteiger partial charge in [-0.05, 0) is 5.53 Å². The molecule has 20 N–H and O–H groups in total. The number of hydrogen-bond donors (Lipinski definition) is 20. The molecule has 21 aliphatic heterocycles. The summed E-state index contributed by atoms with van der Waals surface area (Å²) >= 11 is 0. The molecule has 0 saturated carbocycles. The van der Waals surface area contributed by atoms with Gasteiger partial charge in [0.1, 0.15) is 165 Å². The van der Waals surface area contributed by atoms with Crippen molar-refractivity contribution in [3.63, 3.8) is 0 Å². The third kappa shape index (κ3) is 12.5. The van der Waals surface area contributed by atoms with Gasteiger partial charge in [0.2, 0.25) is 0 Å². The molecule has 456 valence electrons. The highest BCUT2D eigenvalue weighted by molar-refractivity contribution is 5.02. The second kappa shape index (κ2) is 26.9. The lowest BCUT2D eigenvalue weighted by Crippen LogP contribution is -2.68. The van der Waals surface area contributed by atoms with Gasteiger partial charge >= 0.3 is 0 Å². The van der Waals surface area contributed by atoms with Crippen LogP contribution in [0.1, 0.15) is 0 Å². The Morgan fingerprint density at radius 1 is 0.241 bits per heavy atom. The molecule has 14 bridgehead atoms. The average molecular weight is 1160 g/mol. The molecule has 0 spiro atoms. The summed E-state index contributed by atoms with van der Waals surface area (Å²) in [6.07, 6.45) is -70.7. The Hall–Kier alpha value is -2.05. The average Bonchev–Trinajstić information content (AvgIpc) is 3.52. The molecule has 21 saturated heterocycles.